The average molecular weight is 1410 g/mol. The van der Waals surface area contributed by atoms with Gasteiger partial charge in [-0.25, -0.2) is 4.98 Å². The van der Waals surface area contributed by atoms with E-state index in [2.05, 4.69) is 18.5 Å². The van der Waals surface area contributed by atoms with Crippen molar-refractivity contribution in [2.75, 3.05) is 0 Å². The quantitative estimate of drug-likeness (QED) is 0.107. The van der Waals surface area contributed by atoms with E-state index in [1.165, 1.54) is 24.3 Å². The summed E-state index contributed by atoms with van der Waals surface area (Å²) in [6, 6.07) is 11.0. The Bertz CT molecular complexity index is 6890. The standard InChI is InChI=1S/C83H86N4O.Pt/c1-16-83(15)43-42-82(13,14)70-47-56(29-35-67(70)83)62-25-20-24-61(55-28-34-66-69(46-55)81(11,12)41-39-79(66,7)8)76(62)86-52-85(72-36-30-54(48-74(72)86)53-27-33-65-68(45-53)80(9,10)40-38-78(65,5)6)58-21-19-22-59(50-58)88-60-31-32-64-63-23-17-18-26-71(63)87(73(64)51-60)75-49-57(37-44-84-75)77(2,3)4;/h17-37,44-49H,16,38-43H2,1-15H3;/q-2;/i5D3,6D3,7D3,8D3,9D3,10D3,11D3,12D3,13D3,14D3,15D3,16D2,27D,28D,29D,33D,34D,35D,38D2,39D2,40D2,41D2,42D2,43D2,45D,46D,47D;. The van der Waals surface area contributed by atoms with Crippen molar-refractivity contribution >= 4 is 32.8 Å². The maximum Gasteiger partial charge on any atom is 0.268 e. The molecule has 0 spiro atoms. The van der Waals surface area contributed by atoms with E-state index in [-0.39, 0.29) is 32.6 Å². The van der Waals surface area contributed by atoms with Gasteiger partial charge < -0.3 is 13.9 Å². The fourth-order valence-corrected chi connectivity index (χ4v) is 11.2. The van der Waals surface area contributed by atoms with Crippen LogP contribution in [0.15, 0.2) is 164 Å². The van der Waals surface area contributed by atoms with Gasteiger partial charge in [0.25, 0.3) is 6.33 Å². The second kappa shape index (κ2) is 21.4. The molecule has 11 aromatic rings. The van der Waals surface area contributed by atoms with Crippen molar-refractivity contribution in [3.63, 3.8) is 0 Å². The summed E-state index contributed by atoms with van der Waals surface area (Å²) in [6.07, 6.45) is -29.3. The van der Waals surface area contributed by atoms with Gasteiger partial charge in [-0.3, -0.25) is 4.57 Å². The Morgan fingerprint density at radius 3 is 1.80 bits per heavy atom. The number of fused-ring (bicyclic) bond motifs is 7. The molecule has 3 aliphatic carbocycles. The van der Waals surface area contributed by atoms with Gasteiger partial charge in [-0.15, -0.1) is 29.7 Å². The van der Waals surface area contributed by atoms with E-state index < -0.39 is 301 Å². The normalized spacial score (nSPS) is 33.0. The number of pyridine rings is 1. The molecule has 3 aliphatic rings. The first-order valence-electron chi connectivity index (χ1n) is 55.3. The second-order valence-corrected chi connectivity index (χ2v) is 22.8. The van der Waals surface area contributed by atoms with Crippen molar-refractivity contribution in [1.82, 2.24) is 14.1 Å². The van der Waals surface area contributed by atoms with Gasteiger partial charge in [0.15, 0.2) is 0 Å². The molecule has 8 aromatic carbocycles. The molecule has 0 amide bonds. The Kier molecular flexibility index (Phi) is 5.71. The van der Waals surface area contributed by atoms with Crippen molar-refractivity contribution in [2.45, 2.75) is 186 Å². The molecule has 0 N–H and O–H groups in total. The molecule has 3 heterocycles. The fourth-order valence-electron chi connectivity index (χ4n) is 11.2. The molecule has 0 aliphatic heterocycles. The largest absolute Gasteiger partial charge is 0.510 e. The minimum Gasteiger partial charge on any atom is -0.510 e. The molecule has 0 saturated heterocycles. The Morgan fingerprint density at radius 1 is 0.573 bits per heavy atom. The van der Waals surface area contributed by atoms with Crippen LogP contribution in [0.1, 0.15) is 263 Å². The molecular weight excluding hydrogens is 1260 g/mol. The number of nitrogens with zero attached hydrogens (tertiary/aromatic N) is 4. The van der Waals surface area contributed by atoms with Crippen molar-refractivity contribution in [3.05, 3.63) is 221 Å². The Labute approximate surface area is 622 Å². The van der Waals surface area contributed by atoms with Gasteiger partial charge in [0.1, 0.15) is 5.82 Å². The Hall–Kier alpha value is -7.33. The summed E-state index contributed by atoms with van der Waals surface area (Å²) < 4.78 is 540. The Balaban J connectivity index is 0.0000176. The number of aromatic nitrogens is 4. The molecule has 1 atom stereocenters. The second-order valence-electron chi connectivity index (χ2n) is 22.8. The van der Waals surface area contributed by atoms with E-state index in [9.17, 15) is 52.1 Å². The van der Waals surface area contributed by atoms with Crippen molar-refractivity contribution < 1.29 is 107 Å². The molecular formula is C83H86N4OPt-2. The smallest absolute Gasteiger partial charge is 0.268 e. The third-order valence-electron chi connectivity index (χ3n) is 15.7. The third kappa shape index (κ3) is 10.3. The van der Waals surface area contributed by atoms with Gasteiger partial charge in [0.2, 0.25) is 0 Å². The Morgan fingerprint density at radius 2 is 1.16 bits per heavy atom. The molecule has 0 fully saturated rings. The van der Waals surface area contributed by atoms with Crippen molar-refractivity contribution in [3.8, 4) is 62.1 Å². The van der Waals surface area contributed by atoms with Crippen LogP contribution in [0.5, 0.6) is 11.5 Å². The zero-order valence-electron chi connectivity index (χ0n) is 103. The number of imidazole rings is 1. The van der Waals surface area contributed by atoms with Gasteiger partial charge in [-0.1, -0.05) is 211 Å². The minimum absolute atomic E-state index is 0. The first-order valence-corrected chi connectivity index (χ1v) is 27.3. The molecule has 5 nitrogen and oxygen atoms in total. The predicted molar refractivity (Wildman–Crippen MR) is 365 cm³/mol. The van der Waals surface area contributed by atoms with Crippen LogP contribution in [0, 0.1) is 18.5 Å². The zero-order valence-corrected chi connectivity index (χ0v) is 49.7. The first kappa shape index (κ1) is 23.7. The first-order chi connectivity index (χ1) is 64.6. The number of benzene rings is 8. The van der Waals surface area contributed by atoms with Crippen LogP contribution in [0.2, 0.25) is 0 Å². The summed E-state index contributed by atoms with van der Waals surface area (Å²) in [5.74, 6) is 0.00686. The maximum atomic E-state index is 10.7. The maximum absolute atomic E-state index is 10.7. The summed E-state index contributed by atoms with van der Waals surface area (Å²) in [5.41, 5.74) is -51.3. The number of ether oxygens (including phenoxy) is 1. The van der Waals surface area contributed by atoms with Gasteiger partial charge >= 0.3 is 0 Å². The molecule has 3 aromatic heterocycles. The van der Waals surface area contributed by atoms with Crippen LogP contribution < -0.4 is 9.30 Å². The van der Waals surface area contributed by atoms with Gasteiger partial charge in [-0.2, -0.15) is 18.2 Å². The molecule has 6 heteroatoms. The molecule has 14 rings (SSSR count). The van der Waals surface area contributed by atoms with Gasteiger partial charge in [0.05, 0.1) is 29.1 Å². The summed E-state index contributed by atoms with van der Waals surface area (Å²) in [6.45, 7) is -45.7. The van der Waals surface area contributed by atoms with Crippen LogP contribution in [0.4, 0.5) is 0 Å². The van der Waals surface area contributed by atoms with Crippen LogP contribution in [-0.2, 0) is 59.0 Å². The third-order valence-corrected chi connectivity index (χ3v) is 15.7. The molecule has 0 bridgehead atoms. The molecule has 89 heavy (non-hydrogen) atoms. The van der Waals surface area contributed by atoms with E-state index in [1.807, 2.05) is 45.0 Å². The van der Waals surface area contributed by atoms with E-state index in [4.69, 9.17) is 34.4 Å². The molecule has 0 saturated carbocycles. The van der Waals surface area contributed by atoms with Gasteiger partial charge in [-0.05, 0) is 190 Å². The summed E-state index contributed by atoms with van der Waals surface area (Å²) >= 11 is 0. The van der Waals surface area contributed by atoms with E-state index in [1.54, 1.807) is 29.0 Å². The van der Waals surface area contributed by atoms with Crippen LogP contribution in [0.3, 0.4) is 0 Å². The average Bonchev–Trinajstić information content (AvgIpc) is 1.61. The number of para-hydroxylation sites is 2. The summed E-state index contributed by atoms with van der Waals surface area (Å²) in [4.78, 5) is 4.72. The predicted octanol–water partition coefficient (Wildman–Crippen LogP) is 21.3. The number of rotatable bonds is 9. The van der Waals surface area contributed by atoms with Gasteiger partial charge in [0, 0.05) is 109 Å². The van der Waals surface area contributed by atoms with Crippen molar-refractivity contribution in [2.24, 2.45) is 0 Å². The molecule has 456 valence electrons. The number of hydrogen-bond donors (Lipinski definition) is 0. The van der Waals surface area contributed by atoms with Crippen LogP contribution >= 0.6 is 0 Å². The molecule has 0 radical (unpaired) electrons. The summed E-state index contributed by atoms with van der Waals surface area (Å²) in [7, 11) is 0. The van der Waals surface area contributed by atoms with Crippen LogP contribution in [-0.4, -0.2) is 14.1 Å². The zero-order chi connectivity index (χ0) is 110. The minimum atomic E-state index is -5.10. The topological polar surface area (TPSA) is 35.9 Å². The number of hydrogen-bond acceptors (Lipinski definition) is 2. The fraction of sp³-hybridized carbons (Fsp3) is 0.349. The monoisotopic (exact) mass is 1410 g/mol. The SMILES string of the molecule is [2H]c1c([2H])c2c(c([2H])c1-c1ccc3c(c1)[n+](-c1c(-c4c([2H])c([2H])c5c(c4[2H])C(C([2H])([2H])[2H])(C([2H])([2H])[2H])C([2H])([2H])C([2H])([2H])C5(C([2H])([2H])[2H])C([2H])([2H])[2H])cccc1-c1c([2H])c([2H])c4c(c1[2H])C(C([2H])([2H])[2H])(C([2H])([2H])[2H])C([2H])([2H])C([2H])([2H])C4(C([2H])([2H])[2H])C([2H])([2H])C)[c-]n3-c1[c-]c(Oc3[c-]c4c(cc3)c3ccccc3n4-c3cc(C(C)(C)C)ccn3)ccc1)C(C([2H])([2H])[2H])(C([2H])([2H])[2H])C([2H])([2H])C([2H])([2H])C2(C([2H])([2H])[2H])C([2H])([2H])[2H].[Pt]. The van der Waals surface area contributed by atoms with E-state index in [0.717, 1.165) is 22.3 Å². The van der Waals surface area contributed by atoms with E-state index >= 15 is 0 Å². The molecule has 1 unspecified atom stereocenters. The van der Waals surface area contributed by atoms with E-state index in [0.29, 0.717) is 63.4 Å². The van der Waals surface area contributed by atoms with Crippen molar-refractivity contribution in [1.29, 1.82) is 0 Å². The van der Waals surface area contributed by atoms with Crippen LogP contribution in [0.25, 0.3) is 83.4 Å². The summed E-state index contributed by atoms with van der Waals surface area (Å²) in [5, 5.41) is 1.31.